The zero-order chi connectivity index (χ0) is 15.4. The van der Waals surface area contributed by atoms with Crippen LogP contribution in [0.5, 0.6) is 11.5 Å². The molecule has 1 aromatic heterocycles. The molecule has 0 fully saturated rings. The van der Waals surface area contributed by atoms with Gasteiger partial charge >= 0.3 is 0 Å². The van der Waals surface area contributed by atoms with Crippen LogP contribution in [-0.2, 0) is 0 Å². The number of fused-ring (bicyclic) bond motifs is 1. The number of hydrogen-bond acceptors (Lipinski definition) is 6. The molecule has 0 bridgehead atoms. The van der Waals surface area contributed by atoms with Crippen LogP contribution in [0.3, 0.4) is 0 Å². The standard InChI is InChI=1S/C14H17N3O4/c1-20-10-7-9(15)8-3-4-16-12(11(8)13(10)21-2)14(19)17-5-6-18/h3-4,7,18H,5-6,15H2,1-2H3,(H,17,19). The Hall–Kier alpha value is -2.54. The normalized spacial score (nSPS) is 10.4. The monoisotopic (exact) mass is 291 g/mol. The fraction of sp³-hybridized carbons (Fsp3) is 0.286. The lowest BCUT2D eigenvalue weighted by Crippen LogP contribution is -2.27. The van der Waals surface area contributed by atoms with Crippen LogP contribution < -0.4 is 20.5 Å². The van der Waals surface area contributed by atoms with E-state index < -0.39 is 5.91 Å². The largest absolute Gasteiger partial charge is 0.493 e. The maximum atomic E-state index is 12.2. The fourth-order valence-corrected chi connectivity index (χ4v) is 2.12. The van der Waals surface area contributed by atoms with E-state index in [9.17, 15) is 4.79 Å². The molecule has 112 valence electrons. The summed E-state index contributed by atoms with van der Waals surface area (Å²) >= 11 is 0. The van der Waals surface area contributed by atoms with Gasteiger partial charge in [-0.25, -0.2) is 0 Å². The molecule has 0 saturated carbocycles. The first-order valence-corrected chi connectivity index (χ1v) is 6.32. The highest BCUT2D eigenvalue weighted by Crippen LogP contribution is 2.40. The predicted molar refractivity (Wildman–Crippen MR) is 78.7 cm³/mol. The number of nitrogen functional groups attached to an aromatic ring is 1. The number of rotatable bonds is 5. The molecule has 0 unspecified atom stereocenters. The molecule has 1 aromatic carbocycles. The number of methoxy groups -OCH3 is 2. The average Bonchev–Trinajstić information content (AvgIpc) is 2.51. The lowest BCUT2D eigenvalue weighted by molar-refractivity contribution is 0.0941. The van der Waals surface area contributed by atoms with Crippen LogP contribution in [0.4, 0.5) is 5.69 Å². The Morgan fingerprint density at radius 1 is 1.43 bits per heavy atom. The molecular weight excluding hydrogens is 274 g/mol. The van der Waals surface area contributed by atoms with Crippen LogP contribution in [-0.4, -0.2) is 43.4 Å². The van der Waals surface area contributed by atoms with Crippen molar-refractivity contribution >= 4 is 22.4 Å². The number of nitrogens with two attached hydrogens (primary N) is 1. The summed E-state index contributed by atoms with van der Waals surface area (Å²) in [7, 11) is 2.97. The molecule has 2 rings (SSSR count). The molecule has 0 aliphatic carbocycles. The van der Waals surface area contributed by atoms with E-state index in [-0.39, 0.29) is 18.8 Å². The highest BCUT2D eigenvalue weighted by molar-refractivity contribution is 6.11. The van der Waals surface area contributed by atoms with Gasteiger partial charge in [0.1, 0.15) is 5.69 Å². The molecular formula is C14H17N3O4. The molecule has 2 aromatic rings. The van der Waals surface area contributed by atoms with Crippen molar-refractivity contribution in [1.29, 1.82) is 0 Å². The molecule has 7 nitrogen and oxygen atoms in total. The van der Waals surface area contributed by atoms with Crippen LogP contribution in [0.2, 0.25) is 0 Å². The molecule has 0 radical (unpaired) electrons. The maximum absolute atomic E-state index is 12.2. The summed E-state index contributed by atoms with van der Waals surface area (Å²) < 4.78 is 10.6. The summed E-state index contributed by atoms with van der Waals surface area (Å²) in [6.07, 6.45) is 1.50. The zero-order valence-electron chi connectivity index (χ0n) is 11.8. The Balaban J connectivity index is 2.71. The van der Waals surface area contributed by atoms with Gasteiger partial charge in [0.25, 0.3) is 5.91 Å². The summed E-state index contributed by atoms with van der Waals surface area (Å²) in [5, 5.41) is 12.5. The molecule has 0 saturated heterocycles. The Bertz CT molecular complexity index is 673. The SMILES string of the molecule is COc1cc(N)c2ccnc(C(=O)NCCO)c2c1OC. The minimum atomic E-state index is -0.416. The van der Waals surface area contributed by atoms with E-state index in [2.05, 4.69) is 10.3 Å². The van der Waals surface area contributed by atoms with Crippen molar-refractivity contribution < 1.29 is 19.4 Å². The van der Waals surface area contributed by atoms with Gasteiger partial charge in [0.2, 0.25) is 0 Å². The quantitative estimate of drug-likeness (QED) is 0.695. The Morgan fingerprint density at radius 3 is 2.81 bits per heavy atom. The second-order valence-electron chi connectivity index (χ2n) is 4.26. The van der Waals surface area contributed by atoms with Gasteiger partial charge in [0, 0.05) is 29.9 Å². The molecule has 0 atom stereocenters. The van der Waals surface area contributed by atoms with Crippen molar-refractivity contribution in [3.05, 3.63) is 24.0 Å². The number of aromatic nitrogens is 1. The van der Waals surface area contributed by atoms with Crippen LogP contribution in [0.1, 0.15) is 10.5 Å². The molecule has 0 aliphatic heterocycles. The van der Waals surface area contributed by atoms with E-state index in [1.165, 1.54) is 20.4 Å². The summed E-state index contributed by atoms with van der Waals surface area (Å²) in [4.78, 5) is 16.3. The van der Waals surface area contributed by atoms with Gasteiger partial charge in [-0.05, 0) is 6.07 Å². The predicted octanol–water partition coefficient (Wildman–Crippen LogP) is 0.556. The number of aliphatic hydroxyl groups excluding tert-OH is 1. The van der Waals surface area contributed by atoms with Gasteiger partial charge in [-0.15, -0.1) is 0 Å². The molecule has 7 heteroatoms. The number of hydrogen-bond donors (Lipinski definition) is 3. The number of aliphatic hydroxyl groups is 1. The minimum Gasteiger partial charge on any atom is -0.493 e. The van der Waals surface area contributed by atoms with Crippen molar-refractivity contribution in [2.24, 2.45) is 0 Å². The summed E-state index contributed by atoms with van der Waals surface area (Å²) in [5.41, 5.74) is 6.62. The van der Waals surface area contributed by atoms with Crippen molar-refractivity contribution in [2.45, 2.75) is 0 Å². The number of nitrogens with one attached hydrogen (secondary N) is 1. The highest BCUT2D eigenvalue weighted by Gasteiger charge is 2.20. The van der Waals surface area contributed by atoms with Gasteiger partial charge in [-0.3, -0.25) is 9.78 Å². The molecule has 0 aliphatic rings. The number of carbonyl (C=O) groups excluding carboxylic acids is 1. The zero-order valence-corrected chi connectivity index (χ0v) is 11.8. The number of anilines is 1. The average molecular weight is 291 g/mol. The molecule has 0 spiro atoms. The minimum absolute atomic E-state index is 0.138. The number of benzene rings is 1. The van der Waals surface area contributed by atoms with Crippen molar-refractivity contribution in [1.82, 2.24) is 10.3 Å². The third kappa shape index (κ3) is 2.68. The summed E-state index contributed by atoms with van der Waals surface area (Å²) in [6, 6.07) is 3.34. The topological polar surface area (TPSA) is 107 Å². The maximum Gasteiger partial charge on any atom is 0.270 e. The molecule has 1 heterocycles. The fourth-order valence-electron chi connectivity index (χ4n) is 2.12. The number of amides is 1. The van der Waals surface area contributed by atoms with E-state index in [0.29, 0.717) is 28.0 Å². The van der Waals surface area contributed by atoms with E-state index in [4.69, 9.17) is 20.3 Å². The van der Waals surface area contributed by atoms with Crippen LogP contribution >= 0.6 is 0 Å². The first-order valence-electron chi connectivity index (χ1n) is 6.32. The van der Waals surface area contributed by atoms with Gasteiger partial charge in [0.05, 0.1) is 26.2 Å². The third-order valence-electron chi connectivity index (χ3n) is 3.04. The Labute approximate surface area is 121 Å². The second kappa shape index (κ2) is 6.27. The second-order valence-corrected chi connectivity index (χ2v) is 4.26. The number of pyridine rings is 1. The van der Waals surface area contributed by atoms with Crippen molar-refractivity contribution in [3.8, 4) is 11.5 Å². The number of carbonyl (C=O) groups is 1. The first-order chi connectivity index (χ1) is 10.1. The van der Waals surface area contributed by atoms with Gasteiger partial charge in [0.15, 0.2) is 11.5 Å². The van der Waals surface area contributed by atoms with Gasteiger partial charge in [-0.2, -0.15) is 0 Å². The third-order valence-corrected chi connectivity index (χ3v) is 3.04. The molecule has 21 heavy (non-hydrogen) atoms. The van der Waals surface area contributed by atoms with E-state index in [1.54, 1.807) is 12.1 Å². The Morgan fingerprint density at radius 2 is 2.19 bits per heavy atom. The highest BCUT2D eigenvalue weighted by atomic mass is 16.5. The molecule has 1 amide bonds. The van der Waals surface area contributed by atoms with Gasteiger partial charge in [-0.1, -0.05) is 0 Å². The van der Waals surface area contributed by atoms with E-state index >= 15 is 0 Å². The lowest BCUT2D eigenvalue weighted by Gasteiger charge is -2.15. The van der Waals surface area contributed by atoms with Gasteiger partial charge < -0.3 is 25.6 Å². The lowest BCUT2D eigenvalue weighted by atomic mass is 10.1. The Kier molecular flexibility index (Phi) is 4.44. The van der Waals surface area contributed by atoms with Crippen LogP contribution in [0.15, 0.2) is 18.3 Å². The summed E-state index contributed by atoms with van der Waals surface area (Å²) in [6.45, 7) is -0.0161. The summed E-state index contributed by atoms with van der Waals surface area (Å²) in [5.74, 6) is 0.399. The smallest absolute Gasteiger partial charge is 0.270 e. The number of ether oxygens (including phenoxy) is 2. The van der Waals surface area contributed by atoms with Crippen molar-refractivity contribution in [3.63, 3.8) is 0 Å². The van der Waals surface area contributed by atoms with E-state index in [0.717, 1.165) is 0 Å². The van der Waals surface area contributed by atoms with Crippen molar-refractivity contribution in [2.75, 3.05) is 33.1 Å². The van der Waals surface area contributed by atoms with Crippen LogP contribution in [0.25, 0.3) is 10.8 Å². The molecule has 4 N–H and O–H groups in total. The first kappa shape index (κ1) is 14.9. The van der Waals surface area contributed by atoms with Crippen LogP contribution in [0, 0.1) is 0 Å². The number of nitrogens with zero attached hydrogens (tertiary/aromatic N) is 1. The van der Waals surface area contributed by atoms with E-state index in [1.807, 2.05) is 0 Å².